The largest absolute Gasteiger partial charge is 0.293 e. The Balaban J connectivity index is 2.50. The first-order valence-electron chi connectivity index (χ1n) is 4.69. The molecule has 1 rings (SSSR count). The van der Waals surface area contributed by atoms with E-state index in [0.717, 1.165) is 17.7 Å². The Hall–Kier alpha value is -0.700. The fourth-order valence-corrected chi connectivity index (χ4v) is 1.87. The number of hydrogen-bond donors (Lipinski definition) is 0. The first-order valence-corrected chi connectivity index (χ1v) is 5.57. The van der Waals surface area contributed by atoms with Crippen LogP contribution in [0.3, 0.4) is 0 Å². The third-order valence-corrected chi connectivity index (χ3v) is 3.15. The molecule has 1 heterocycles. The fraction of sp³-hybridized carbons (Fsp3) is 0.600. The first-order chi connectivity index (χ1) is 6.27. The molecule has 1 aromatic rings. The van der Waals surface area contributed by atoms with E-state index in [1.54, 1.807) is 11.7 Å². The molecule has 0 aromatic carbocycles. The Morgan fingerprint density at radius 1 is 1.54 bits per heavy atom. The van der Waals surface area contributed by atoms with Crippen molar-refractivity contribution in [2.24, 2.45) is 5.92 Å². The van der Waals surface area contributed by atoms with Crippen LogP contribution < -0.4 is 0 Å². The van der Waals surface area contributed by atoms with Crippen molar-refractivity contribution in [1.82, 2.24) is 4.98 Å². The number of Topliss-reactive ketones (excluding diaryl/α,β-unsaturated/α-hetero) is 1. The number of carbonyl (C=O) groups is 1. The smallest absolute Gasteiger partial charge is 0.174 e. The van der Waals surface area contributed by atoms with Crippen molar-refractivity contribution >= 4 is 17.1 Å². The Morgan fingerprint density at radius 3 is 2.69 bits per heavy atom. The highest BCUT2D eigenvalue weighted by Crippen LogP contribution is 2.17. The van der Waals surface area contributed by atoms with E-state index in [0.29, 0.717) is 12.3 Å². The summed E-state index contributed by atoms with van der Waals surface area (Å²) in [6, 6.07) is 0. The highest BCUT2D eigenvalue weighted by atomic mass is 32.1. The quantitative estimate of drug-likeness (QED) is 0.679. The van der Waals surface area contributed by atoms with Crippen LogP contribution in [0.4, 0.5) is 0 Å². The van der Waals surface area contributed by atoms with Crippen LogP contribution in [-0.4, -0.2) is 10.8 Å². The van der Waals surface area contributed by atoms with Crippen molar-refractivity contribution in [3.63, 3.8) is 0 Å². The minimum atomic E-state index is 0.246. The van der Waals surface area contributed by atoms with Crippen molar-refractivity contribution in [3.8, 4) is 0 Å². The lowest BCUT2D eigenvalue weighted by Gasteiger charge is -2.09. The van der Waals surface area contributed by atoms with E-state index in [2.05, 4.69) is 18.8 Å². The Kier molecular flexibility index (Phi) is 4.09. The predicted octanol–water partition coefficient (Wildman–Crippen LogP) is 3.15. The molecule has 0 aliphatic carbocycles. The van der Waals surface area contributed by atoms with Gasteiger partial charge in [0.1, 0.15) is 0 Å². The van der Waals surface area contributed by atoms with Crippen molar-refractivity contribution in [3.05, 3.63) is 16.6 Å². The molecule has 0 unspecified atom stereocenters. The second-order valence-electron chi connectivity index (χ2n) is 3.18. The average molecular weight is 197 g/mol. The second-order valence-corrected chi connectivity index (χ2v) is 4.06. The van der Waals surface area contributed by atoms with Crippen LogP contribution >= 0.6 is 11.3 Å². The van der Waals surface area contributed by atoms with Gasteiger partial charge in [-0.3, -0.25) is 9.78 Å². The molecule has 3 heteroatoms. The molecule has 0 amide bonds. The van der Waals surface area contributed by atoms with Crippen molar-refractivity contribution in [2.45, 2.75) is 33.1 Å². The molecule has 72 valence electrons. The van der Waals surface area contributed by atoms with Crippen LogP contribution in [0.15, 0.2) is 11.7 Å². The summed E-state index contributed by atoms with van der Waals surface area (Å²) < 4.78 is 0. The average Bonchev–Trinajstić information content (AvgIpc) is 2.66. The molecule has 0 atom stereocenters. The molecule has 0 saturated carbocycles. The summed E-state index contributed by atoms with van der Waals surface area (Å²) in [6.45, 7) is 4.27. The molecular formula is C10H15NOS. The Morgan fingerprint density at radius 2 is 2.23 bits per heavy atom. The van der Waals surface area contributed by atoms with Crippen LogP contribution in [0, 0.1) is 5.92 Å². The predicted molar refractivity (Wildman–Crippen MR) is 55.1 cm³/mol. The number of ketones is 1. The van der Waals surface area contributed by atoms with Gasteiger partial charge in [-0.15, -0.1) is 11.3 Å². The highest BCUT2D eigenvalue weighted by molar-refractivity contribution is 7.11. The molecule has 0 aliphatic heterocycles. The van der Waals surface area contributed by atoms with Crippen LogP contribution in [-0.2, 0) is 0 Å². The van der Waals surface area contributed by atoms with E-state index in [1.165, 1.54) is 11.3 Å². The first kappa shape index (κ1) is 10.4. The molecule has 0 bridgehead atoms. The second kappa shape index (κ2) is 5.12. The van der Waals surface area contributed by atoms with Crippen LogP contribution in [0.1, 0.15) is 42.8 Å². The van der Waals surface area contributed by atoms with Crippen LogP contribution in [0.2, 0.25) is 0 Å². The summed E-state index contributed by atoms with van der Waals surface area (Å²) in [5.74, 6) is 0.783. The number of thiazole rings is 1. The van der Waals surface area contributed by atoms with E-state index < -0.39 is 0 Å². The zero-order valence-electron chi connectivity index (χ0n) is 8.12. The van der Waals surface area contributed by atoms with Gasteiger partial charge in [0.25, 0.3) is 0 Å². The number of aromatic nitrogens is 1. The maximum absolute atomic E-state index is 11.6. The third-order valence-electron chi connectivity index (χ3n) is 2.34. The summed E-state index contributed by atoms with van der Waals surface area (Å²) in [5.41, 5.74) is 1.71. The fourth-order valence-electron chi connectivity index (χ4n) is 1.29. The van der Waals surface area contributed by atoms with Gasteiger partial charge >= 0.3 is 0 Å². The molecule has 0 radical (unpaired) electrons. The third kappa shape index (κ3) is 2.92. The molecule has 0 N–H and O–H groups in total. The van der Waals surface area contributed by atoms with Crippen molar-refractivity contribution in [1.29, 1.82) is 0 Å². The van der Waals surface area contributed by atoms with E-state index in [9.17, 15) is 4.79 Å². The highest BCUT2D eigenvalue weighted by Gasteiger charge is 2.12. The van der Waals surface area contributed by atoms with E-state index in [1.807, 2.05) is 0 Å². The van der Waals surface area contributed by atoms with Gasteiger partial charge in [-0.1, -0.05) is 26.7 Å². The molecular weight excluding hydrogens is 182 g/mol. The van der Waals surface area contributed by atoms with Gasteiger partial charge in [-0.25, -0.2) is 0 Å². The Labute approximate surface area is 83.0 Å². The zero-order chi connectivity index (χ0) is 9.68. The summed E-state index contributed by atoms with van der Waals surface area (Å²) in [7, 11) is 0. The minimum absolute atomic E-state index is 0.246. The lowest BCUT2D eigenvalue weighted by molar-refractivity contribution is 0.0962. The van der Waals surface area contributed by atoms with Gasteiger partial charge in [0.05, 0.1) is 10.4 Å². The van der Waals surface area contributed by atoms with Crippen LogP contribution in [0.25, 0.3) is 0 Å². The zero-order valence-corrected chi connectivity index (χ0v) is 8.93. The summed E-state index contributed by atoms with van der Waals surface area (Å²) >= 11 is 1.43. The summed E-state index contributed by atoms with van der Waals surface area (Å²) in [6.07, 6.45) is 4.51. The normalized spacial score (nSPS) is 10.7. The lowest BCUT2D eigenvalue weighted by Crippen LogP contribution is -2.05. The number of carbonyl (C=O) groups excluding carboxylic acids is 1. The molecule has 0 fully saturated rings. The van der Waals surface area contributed by atoms with Crippen molar-refractivity contribution in [2.75, 3.05) is 0 Å². The van der Waals surface area contributed by atoms with E-state index in [-0.39, 0.29) is 5.78 Å². The summed E-state index contributed by atoms with van der Waals surface area (Å²) in [4.78, 5) is 16.3. The molecule has 13 heavy (non-hydrogen) atoms. The molecule has 0 spiro atoms. The van der Waals surface area contributed by atoms with Crippen molar-refractivity contribution < 1.29 is 4.79 Å². The van der Waals surface area contributed by atoms with Gasteiger partial charge in [0.2, 0.25) is 0 Å². The van der Waals surface area contributed by atoms with E-state index >= 15 is 0 Å². The minimum Gasteiger partial charge on any atom is -0.293 e. The standard InChI is InChI=1S/C10H15NOS/c1-3-8(4-2)5-9(12)10-6-11-7-13-10/h6-8H,3-5H2,1-2H3. The topological polar surface area (TPSA) is 30.0 Å². The summed E-state index contributed by atoms with van der Waals surface area (Å²) in [5, 5.41) is 0. The van der Waals surface area contributed by atoms with Gasteiger partial charge < -0.3 is 0 Å². The number of rotatable bonds is 5. The van der Waals surface area contributed by atoms with E-state index in [4.69, 9.17) is 0 Å². The van der Waals surface area contributed by atoms with Gasteiger partial charge in [-0.2, -0.15) is 0 Å². The monoisotopic (exact) mass is 197 g/mol. The maximum atomic E-state index is 11.6. The van der Waals surface area contributed by atoms with Crippen LogP contribution in [0.5, 0.6) is 0 Å². The van der Waals surface area contributed by atoms with Gasteiger partial charge in [0, 0.05) is 12.6 Å². The lowest BCUT2D eigenvalue weighted by atomic mass is 9.97. The van der Waals surface area contributed by atoms with Gasteiger partial charge in [-0.05, 0) is 5.92 Å². The SMILES string of the molecule is CCC(CC)CC(=O)c1cncs1. The molecule has 1 aromatic heterocycles. The Bertz CT molecular complexity index is 252. The number of nitrogens with zero attached hydrogens (tertiary/aromatic N) is 1. The molecule has 0 saturated heterocycles. The van der Waals surface area contributed by atoms with Gasteiger partial charge in [0.15, 0.2) is 5.78 Å². The maximum Gasteiger partial charge on any atom is 0.174 e. The number of hydrogen-bond acceptors (Lipinski definition) is 3. The molecule has 0 aliphatic rings. The molecule has 2 nitrogen and oxygen atoms in total.